The zero-order valence-electron chi connectivity index (χ0n) is 15.0. The number of alkyl halides is 3. The van der Waals surface area contributed by atoms with E-state index in [1.165, 1.54) is 6.07 Å². The van der Waals surface area contributed by atoms with Crippen LogP contribution >= 0.6 is 11.9 Å². The summed E-state index contributed by atoms with van der Waals surface area (Å²) in [6.45, 7) is 0. The van der Waals surface area contributed by atoms with Crippen LogP contribution in [0.4, 0.5) is 13.2 Å². The van der Waals surface area contributed by atoms with E-state index in [9.17, 15) is 13.2 Å². The first kappa shape index (κ1) is 19.5. The molecule has 4 rings (SSSR count). The molecule has 29 heavy (non-hydrogen) atoms. The van der Waals surface area contributed by atoms with Gasteiger partial charge in [-0.15, -0.1) is 0 Å². The Morgan fingerprint density at radius 3 is 2.31 bits per heavy atom. The van der Waals surface area contributed by atoms with Crippen molar-refractivity contribution >= 4 is 17.8 Å². The molecule has 0 spiro atoms. The summed E-state index contributed by atoms with van der Waals surface area (Å²) in [5.41, 5.74) is 3.65. The molecule has 148 valence electrons. The number of amidine groups is 1. The molecule has 4 nitrogen and oxygen atoms in total. The lowest BCUT2D eigenvalue weighted by molar-refractivity contribution is -0.137. The minimum absolute atomic E-state index is 0.117. The van der Waals surface area contributed by atoms with Gasteiger partial charge in [-0.05, 0) is 41.3 Å². The van der Waals surface area contributed by atoms with Gasteiger partial charge < -0.3 is 0 Å². The molecule has 8 heteroatoms. The standard InChI is InChI=1S/C21H16F3N3OS/c22-21(23,24)18-12-15(8-11-17(18)13-4-2-1-3-5-13)20-26-19(27-28-20)14-6-9-16(29-25)10-7-14/h1-12,20H,25H2,(H,26,27). The molecule has 0 saturated carbocycles. The van der Waals surface area contributed by atoms with E-state index in [0.717, 1.165) is 28.5 Å². The maximum atomic E-state index is 13.7. The average Bonchev–Trinajstić information content (AvgIpc) is 3.24. The van der Waals surface area contributed by atoms with Gasteiger partial charge in [0.15, 0.2) is 5.84 Å². The van der Waals surface area contributed by atoms with Gasteiger partial charge in [-0.25, -0.2) is 15.3 Å². The third kappa shape index (κ3) is 4.14. The van der Waals surface area contributed by atoms with E-state index in [-0.39, 0.29) is 5.56 Å². The van der Waals surface area contributed by atoms with Gasteiger partial charge in [0.25, 0.3) is 0 Å². The predicted molar refractivity (Wildman–Crippen MR) is 107 cm³/mol. The zero-order chi connectivity index (χ0) is 20.4. The molecule has 3 aromatic rings. The number of rotatable bonds is 4. The van der Waals surface area contributed by atoms with Crippen molar-refractivity contribution in [1.29, 1.82) is 0 Å². The maximum absolute atomic E-state index is 13.7. The van der Waals surface area contributed by atoms with E-state index in [2.05, 4.69) is 10.5 Å². The molecule has 0 amide bonds. The lowest BCUT2D eigenvalue weighted by atomic mass is 9.96. The van der Waals surface area contributed by atoms with Crippen molar-refractivity contribution in [2.24, 2.45) is 10.1 Å². The van der Waals surface area contributed by atoms with E-state index < -0.39 is 18.0 Å². The number of nitrogens with zero attached hydrogens (tertiary/aromatic N) is 1. The summed E-state index contributed by atoms with van der Waals surface area (Å²) in [6.07, 6.45) is -5.38. The number of hydrogen-bond acceptors (Lipinski definition) is 5. The van der Waals surface area contributed by atoms with Gasteiger partial charge in [0.1, 0.15) is 0 Å². The molecule has 3 N–H and O–H groups in total. The van der Waals surface area contributed by atoms with E-state index in [1.54, 1.807) is 36.4 Å². The summed E-state index contributed by atoms with van der Waals surface area (Å²) in [4.78, 5) is 10.7. The molecule has 0 aliphatic carbocycles. The Hall–Kier alpha value is -2.81. The number of aliphatic imine (C=N–C) groups is 1. The summed E-state index contributed by atoms with van der Waals surface area (Å²) in [6, 6.07) is 19.9. The molecule has 1 aliphatic rings. The Kier molecular flexibility index (Phi) is 5.31. The normalized spacial score (nSPS) is 16.4. The Labute approximate surface area is 169 Å². The fourth-order valence-electron chi connectivity index (χ4n) is 3.07. The highest BCUT2D eigenvalue weighted by Crippen LogP contribution is 2.39. The fourth-order valence-corrected chi connectivity index (χ4v) is 3.36. The van der Waals surface area contributed by atoms with E-state index in [4.69, 9.17) is 9.98 Å². The topological polar surface area (TPSA) is 59.6 Å². The summed E-state index contributed by atoms with van der Waals surface area (Å²) in [7, 11) is 0. The van der Waals surface area contributed by atoms with Crippen molar-refractivity contribution in [2.45, 2.75) is 17.3 Å². The van der Waals surface area contributed by atoms with Crippen molar-refractivity contribution in [1.82, 2.24) is 5.48 Å². The van der Waals surface area contributed by atoms with Crippen molar-refractivity contribution in [3.8, 4) is 11.1 Å². The molecule has 1 atom stereocenters. The van der Waals surface area contributed by atoms with Gasteiger partial charge in [-0.2, -0.15) is 13.2 Å². The van der Waals surface area contributed by atoms with Crippen LogP contribution < -0.4 is 10.6 Å². The molecule has 0 aromatic heterocycles. The van der Waals surface area contributed by atoms with Crippen LogP contribution in [0.2, 0.25) is 0 Å². The van der Waals surface area contributed by atoms with Gasteiger partial charge in [0.2, 0.25) is 6.23 Å². The lowest BCUT2D eigenvalue weighted by Gasteiger charge is -2.16. The van der Waals surface area contributed by atoms with Gasteiger partial charge in [-0.3, -0.25) is 5.14 Å². The second-order valence-electron chi connectivity index (χ2n) is 6.36. The van der Waals surface area contributed by atoms with E-state index >= 15 is 0 Å². The van der Waals surface area contributed by atoms with Crippen LogP contribution in [0.25, 0.3) is 11.1 Å². The average molecular weight is 415 g/mol. The Balaban J connectivity index is 1.68. The molecule has 1 aliphatic heterocycles. The first-order valence-electron chi connectivity index (χ1n) is 8.69. The number of nitrogens with two attached hydrogens (primary N) is 1. The van der Waals surface area contributed by atoms with E-state index in [1.807, 2.05) is 24.3 Å². The summed E-state index contributed by atoms with van der Waals surface area (Å²) in [5, 5.41) is 5.51. The minimum Gasteiger partial charge on any atom is -0.274 e. The monoisotopic (exact) mass is 415 g/mol. The first-order chi connectivity index (χ1) is 14.0. The number of benzene rings is 3. The molecular formula is C21H16F3N3OS. The Morgan fingerprint density at radius 2 is 1.66 bits per heavy atom. The second-order valence-corrected chi connectivity index (χ2v) is 7.07. The number of hydroxylamine groups is 1. The van der Waals surface area contributed by atoms with Crippen LogP contribution in [0.5, 0.6) is 0 Å². The summed E-state index contributed by atoms with van der Waals surface area (Å²) in [5.74, 6) is 0.448. The number of hydrogen-bond donors (Lipinski definition) is 2. The van der Waals surface area contributed by atoms with Gasteiger partial charge >= 0.3 is 6.18 Å². The zero-order valence-corrected chi connectivity index (χ0v) is 15.8. The van der Waals surface area contributed by atoms with Crippen LogP contribution in [-0.2, 0) is 11.0 Å². The molecular weight excluding hydrogens is 399 g/mol. The molecule has 0 saturated heterocycles. The predicted octanol–water partition coefficient (Wildman–Crippen LogP) is 5.32. The highest BCUT2D eigenvalue weighted by Gasteiger charge is 2.35. The fraction of sp³-hybridized carbons (Fsp3) is 0.0952. The molecule has 0 fully saturated rings. The quantitative estimate of drug-likeness (QED) is 0.567. The van der Waals surface area contributed by atoms with Crippen LogP contribution in [0, 0.1) is 0 Å². The maximum Gasteiger partial charge on any atom is 0.417 e. The first-order valence-corrected chi connectivity index (χ1v) is 9.57. The highest BCUT2D eigenvalue weighted by atomic mass is 32.2. The summed E-state index contributed by atoms with van der Waals surface area (Å²) >= 11 is 1.12. The molecule has 1 unspecified atom stereocenters. The van der Waals surface area contributed by atoms with Crippen molar-refractivity contribution in [3.63, 3.8) is 0 Å². The smallest absolute Gasteiger partial charge is 0.274 e. The minimum atomic E-state index is -4.50. The highest BCUT2D eigenvalue weighted by molar-refractivity contribution is 7.97. The van der Waals surface area contributed by atoms with Crippen LogP contribution in [0.1, 0.15) is 22.9 Å². The lowest BCUT2D eigenvalue weighted by Crippen LogP contribution is -2.18. The Bertz CT molecular complexity index is 1040. The Morgan fingerprint density at radius 1 is 0.931 bits per heavy atom. The molecule has 0 bridgehead atoms. The molecule has 1 heterocycles. The van der Waals surface area contributed by atoms with Gasteiger partial charge in [-0.1, -0.05) is 54.6 Å². The van der Waals surface area contributed by atoms with Crippen molar-refractivity contribution < 1.29 is 18.0 Å². The molecule has 3 aromatic carbocycles. The van der Waals surface area contributed by atoms with Crippen molar-refractivity contribution in [3.05, 3.63) is 89.5 Å². The third-order valence-electron chi connectivity index (χ3n) is 4.50. The van der Waals surface area contributed by atoms with Crippen LogP contribution in [-0.4, -0.2) is 5.84 Å². The molecule has 0 radical (unpaired) electrons. The number of halogens is 3. The van der Waals surface area contributed by atoms with Gasteiger partial charge in [0, 0.05) is 16.0 Å². The third-order valence-corrected chi connectivity index (χ3v) is 5.04. The van der Waals surface area contributed by atoms with Crippen molar-refractivity contribution in [2.75, 3.05) is 0 Å². The largest absolute Gasteiger partial charge is 0.417 e. The van der Waals surface area contributed by atoms with Crippen LogP contribution in [0.3, 0.4) is 0 Å². The van der Waals surface area contributed by atoms with Crippen LogP contribution in [0.15, 0.2) is 82.7 Å². The van der Waals surface area contributed by atoms with E-state index in [0.29, 0.717) is 17.0 Å². The number of nitrogens with one attached hydrogen (secondary N) is 1. The second kappa shape index (κ2) is 7.90. The van der Waals surface area contributed by atoms with Gasteiger partial charge in [0.05, 0.1) is 5.56 Å². The summed E-state index contributed by atoms with van der Waals surface area (Å²) < 4.78 is 41.1. The SMILES string of the molecule is NSc1ccc(C2=NC(c3ccc(-c4ccccc4)c(C(F)(F)F)c3)ON2)cc1.